The second-order valence-electron chi connectivity index (χ2n) is 15.6. The van der Waals surface area contributed by atoms with Crippen molar-refractivity contribution in [2.24, 2.45) is 0 Å². The van der Waals surface area contributed by atoms with Crippen LogP contribution in [0, 0.1) is 0 Å². The summed E-state index contributed by atoms with van der Waals surface area (Å²) < 4.78 is 15.3. The summed E-state index contributed by atoms with van der Waals surface area (Å²) in [5, 5.41) is 8.88. The van der Waals surface area contributed by atoms with Gasteiger partial charge < -0.3 is 13.4 Å². The van der Waals surface area contributed by atoms with Crippen LogP contribution >= 0.6 is 0 Å². The normalized spacial score (nSPS) is 11.9. The molecule has 0 N–H and O–H groups in total. The van der Waals surface area contributed by atoms with Crippen LogP contribution in [-0.2, 0) is 0 Å². The fraction of sp³-hybridized carbons (Fsp3) is 0. The van der Waals surface area contributed by atoms with E-state index in [9.17, 15) is 0 Å². The molecule has 0 radical (unpaired) electrons. The first kappa shape index (κ1) is 33.6. The molecule has 13 rings (SSSR count). The Bertz CT molecular complexity index is 3900. The Morgan fingerprint density at radius 2 is 0.885 bits per heavy atom. The van der Waals surface area contributed by atoms with Crippen LogP contribution in [-0.4, -0.2) is 19.5 Å². The Hall–Kier alpha value is -8.35. The summed E-state index contributed by atoms with van der Waals surface area (Å²) in [5.74, 6) is 1.63. The number of para-hydroxylation sites is 3. The lowest BCUT2D eigenvalue weighted by atomic mass is 10.0. The zero-order chi connectivity index (χ0) is 40.0. The molecule has 4 heterocycles. The van der Waals surface area contributed by atoms with Crippen molar-refractivity contribution in [3.05, 3.63) is 194 Å². The third-order valence-electron chi connectivity index (χ3n) is 12.0. The number of furan rings is 2. The van der Waals surface area contributed by atoms with E-state index in [4.69, 9.17) is 23.8 Å². The third-order valence-corrected chi connectivity index (χ3v) is 12.0. The minimum atomic E-state index is 0.527. The average Bonchev–Trinajstić information content (AvgIpc) is 3.99. The van der Waals surface area contributed by atoms with E-state index >= 15 is 0 Å². The molecule has 0 aliphatic carbocycles. The van der Waals surface area contributed by atoms with Crippen molar-refractivity contribution < 1.29 is 8.83 Å². The van der Waals surface area contributed by atoms with Crippen molar-refractivity contribution in [3.8, 4) is 51.0 Å². The van der Waals surface area contributed by atoms with E-state index in [-0.39, 0.29) is 0 Å². The fourth-order valence-electron chi connectivity index (χ4n) is 9.13. The second-order valence-corrected chi connectivity index (χ2v) is 15.6. The molecule has 9 aromatic carbocycles. The van der Waals surface area contributed by atoms with Gasteiger partial charge in [-0.05, 0) is 82.6 Å². The largest absolute Gasteiger partial charge is 0.456 e. The highest BCUT2D eigenvalue weighted by Crippen LogP contribution is 2.42. The summed E-state index contributed by atoms with van der Waals surface area (Å²) in [6.45, 7) is 0. The molecule has 0 aliphatic rings. The van der Waals surface area contributed by atoms with Crippen LogP contribution < -0.4 is 0 Å². The number of aromatic nitrogens is 4. The summed E-state index contributed by atoms with van der Waals surface area (Å²) in [6, 6.07) is 67.5. The van der Waals surface area contributed by atoms with Crippen LogP contribution in [0.3, 0.4) is 0 Å². The van der Waals surface area contributed by atoms with E-state index in [1.807, 2.05) is 42.5 Å². The van der Waals surface area contributed by atoms with Gasteiger partial charge in [0.25, 0.3) is 0 Å². The first-order valence-corrected chi connectivity index (χ1v) is 20.4. The molecule has 0 fully saturated rings. The fourth-order valence-corrected chi connectivity index (χ4v) is 9.13. The smallest absolute Gasteiger partial charge is 0.166 e. The quantitative estimate of drug-likeness (QED) is 0.174. The van der Waals surface area contributed by atoms with Crippen molar-refractivity contribution in [3.63, 3.8) is 0 Å². The van der Waals surface area contributed by atoms with Crippen LogP contribution in [0.2, 0.25) is 0 Å². The van der Waals surface area contributed by atoms with Gasteiger partial charge in [0.1, 0.15) is 22.3 Å². The van der Waals surface area contributed by atoms with Gasteiger partial charge in [-0.3, -0.25) is 0 Å². The van der Waals surface area contributed by atoms with E-state index < -0.39 is 0 Å². The van der Waals surface area contributed by atoms with Gasteiger partial charge in [0.15, 0.2) is 17.5 Å². The van der Waals surface area contributed by atoms with E-state index in [0.717, 1.165) is 88.4 Å². The molecular formula is C55H32N4O2. The lowest BCUT2D eigenvalue weighted by Crippen LogP contribution is -2.04. The summed E-state index contributed by atoms with van der Waals surface area (Å²) >= 11 is 0. The van der Waals surface area contributed by atoms with Gasteiger partial charge in [-0.2, -0.15) is 0 Å². The Morgan fingerprint density at radius 1 is 0.311 bits per heavy atom. The van der Waals surface area contributed by atoms with Gasteiger partial charge >= 0.3 is 0 Å². The maximum Gasteiger partial charge on any atom is 0.166 e. The molecule has 0 bridgehead atoms. The first-order chi connectivity index (χ1) is 30.2. The molecule has 0 unspecified atom stereocenters. The molecule has 0 spiro atoms. The van der Waals surface area contributed by atoms with Gasteiger partial charge in [-0.15, -0.1) is 0 Å². The third kappa shape index (κ3) is 5.32. The minimum absolute atomic E-state index is 0.527. The highest BCUT2D eigenvalue weighted by atomic mass is 16.3. The van der Waals surface area contributed by atoms with Gasteiger partial charge in [-0.25, -0.2) is 15.0 Å². The predicted molar refractivity (Wildman–Crippen MR) is 248 cm³/mol. The van der Waals surface area contributed by atoms with Gasteiger partial charge in [0, 0.05) is 49.0 Å². The molecule has 61 heavy (non-hydrogen) atoms. The van der Waals surface area contributed by atoms with Crippen LogP contribution in [0.15, 0.2) is 203 Å². The number of nitrogens with zero attached hydrogens (tertiary/aromatic N) is 4. The van der Waals surface area contributed by atoms with Crippen LogP contribution in [0.1, 0.15) is 0 Å². The Balaban J connectivity index is 1.12. The molecule has 0 saturated heterocycles. The topological polar surface area (TPSA) is 69.9 Å². The van der Waals surface area contributed by atoms with Gasteiger partial charge in [0.05, 0.1) is 16.7 Å². The SMILES string of the molecule is c1ccc(-c2cccc(-c3nc(-c4ccc5c(c4)oc4ccccc45)nc(-c4cc5oc6ccccc6c5cc4-n4c5ccccc5c5cc6ccccc6cc54)n3)c2)cc1. The predicted octanol–water partition coefficient (Wildman–Crippen LogP) is 14.6. The van der Waals surface area contributed by atoms with Crippen molar-refractivity contribution >= 4 is 76.5 Å². The molecular weight excluding hydrogens is 749 g/mol. The summed E-state index contributed by atoms with van der Waals surface area (Å²) in [4.78, 5) is 16.0. The summed E-state index contributed by atoms with van der Waals surface area (Å²) in [7, 11) is 0. The Kier molecular flexibility index (Phi) is 7.21. The monoisotopic (exact) mass is 780 g/mol. The number of hydrogen-bond acceptors (Lipinski definition) is 5. The first-order valence-electron chi connectivity index (χ1n) is 20.4. The van der Waals surface area contributed by atoms with Gasteiger partial charge in [-0.1, -0.05) is 133 Å². The highest BCUT2D eigenvalue weighted by Gasteiger charge is 2.23. The molecule has 0 saturated carbocycles. The maximum atomic E-state index is 6.60. The lowest BCUT2D eigenvalue weighted by molar-refractivity contribution is 0.668. The van der Waals surface area contributed by atoms with Crippen LogP contribution in [0.5, 0.6) is 0 Å². The Labute approximate surface area is 348 Å². The highest BCUT2D eigenvalue weighted by molar-refractivity contribution is 6.15. The van der Waals surface area contributed by atoms with E-state index in [2.05, 4.69) is 156 Å². The zero-order valence-electron chi connectivity index (χ0n) is 32.6. The number of rotatable bonds is 5. The summed E-state index contributed by atoms with van der Waals surface area (Å²) in [6.07, 6.45) is 0. The number of fused-ring (bicyclic) bond motifs is 10. The van der Waals surface area contributed by atoms with Crippen molar-refractivity contribution in [2.45, 2.75) is 0 Å². The lowest BCUT2D eigenvalue weighted by Gasteiger charge is -2.15. The molecule has 13 aromatic rings. The Morgan fingerprint density at radius 3 is 1.67 bits per heavy atom. The van der Waals surface area contributed by atoms with Crippen molar-refractivity contribution in [1.82, 2.24) is 19.5 Å². The molecule has 284 valence electrons. The summed E-state index contributed by atoms with van der Waals surface area (Å²) in [5.41, 5.74) is 11.0. The van der Waals surface area contributed by atoms with Crippen LogP contribution in [0.4, 0.5) is 0 Å². The van der Waals surface area contributed by atoms with E-state index in [0.29, 0.717) is 17.5 Å². The van der Waals surface area contributed by atoms with Crippen molar-refractivity contribution in [1.29, 1.82) is 0 Å². The molecule has 0 atom stereocenters. The minimum Gasteiger partial charge on any atom is -0.456 e. The maximum absolute atomic E-state index is 6.60. The second kappa shape index (κ2) is 13.1. The molecule has 0 aliphatic heterocycles. The number of benzene rings is 9. The zero-order valence-corrected chi connectivity index (χ0v) is 32.6. The van der Waals surface area contributed by atoms with E-state index in [1.54, 1.807) is 0 Å². The molecule has 4 aromatic heterocycles. The van der Waals surface area contributed by atoms with Crippen molar-refractivity contribution in [2.75, 3.05) is 0 Å². The van der Waals surface area contributed by atoms with Crippen LogP contribution in [0.25, 0.3) is 127 Å². The molecule has 0 amide bonds. The molecule has 6 nitrogen and oxygen atoms in total. The average molecular weight is 781 g/mol. The standard InChI is InChI=1S/C55H32N4O2/c1-2-13-33(14-3-1)34-17-12-18-37(27-34)53-56-54(38-25-26-42-40-20-7-10-23-49(40)60-51(42)30-38)58-55(57-53)45-32-52-44(41-21-8-11-24-50(41)61-52)31-48(45)59-46-22-9-6-19-39(46)43-28-35-15-4-5-16-36(35)29-47(43)59/h1-32H. The van der Waals surface area contributed by atoms with E-state index in [1.165, 1.54) is 21.5 Å². The number of hydrogen-bond donors (Lipinski definition) is 0. The van der Waals surface area contributed by atoms with Gasteiger partial charge in [0.2, 0.25) is 0 Å². The molecule has 6 heteroatoms.